The predicted octanol–water partition coefficient (Wildman–Crippen LogP) is 4.59. The number of hydrogen-bond donors (Lipinski definition) is 1. The fraction of sp³-hybridized carbons (Fsp3) is 0.789. The van der Waals surface area contributed by atoms with Gasteiger partial charge >= 0.3 is 0 Å². The molecule has 21 heavy (non-hydrogen) atoms. The maximum atomic E-state index is 4.24. The first-order valence-corrected chi connectivity index (χ1v) is 8.58. The van der Waals surface area contributed by atoms with Crippen LogP contribution in [0.5, 0.6) is 0 Å². The molecule has 0 saturated carbocycles. The normalized spacial score (nSPS) is 35.1. The molecule has 0 aliphatic carbocycles. The maximum Gasteiger partial charge on any atom is 0.0386 e. The van der Waals surface area contributed by atoms with Gasteiger partial charge in [-0.1, -0.05) is 39.8 Å². The second-order valence-electron chi connectivity index (χ2n) is 7.21. The topological polar surface area (TPSA) is 15.3 Å². The highest BCUT2D eigenvalue weighted by Gasteiger charge is 2.47. The Labute approximate surface area is 132 Å². The molecule has 1 fully saturated rings. The summed E-state index contributed by atoms with van der Waals surface area (Å²) in [6.07, 6.45) is 5.60. The summed E-state index contributed by atoms with van der Waals surface area (Å²) in [5, 5.41) is 3.86. The molecule has 1 rings (SSSR count). The lowest BCUT2D eigenvalue weighted by atomic mass is 9.65. The molecule has 0 aromatic rings. The summed E-state index contributed by atoms with van der Waals surface area (Å²) < 4.78 is 0. The van der Waals surface area contributed by atoms with Crippen LogP contribution in [0.3, 0.4) is 0 Å². The van der Waals surface area contributed by atoms with Crippen LogP contribution in [0.2, 0.25) is 0 Å². The molecule has 1 N–H and O–H groups in total. The van der Waals surface area contributed by atoms with Crippen molar-refractivity contribution in [2.24, 2.45) is 11.3 Å². The van der Waals surface area contributed by atoms with Gasteiger partial charge in [-0.15, -0.1) is 6.58 Å². The Bertz CT molecular complexity index is 363. The predicted molar refractivity (Wildman–Crippen MR) is 94.4 cm³/mol. The average molecular weight is 293 g/mol. The van der Waals surface area contributed by atoms with E-state index >= 15 is 0 Å². The monoisotopic (exact) mass is 292 g/mol. The molecule has 0 aromatic carbocycles. The third-order valence-corrected chi connectivity index (χ3v) is 5.80. The van der Waals surface area contributed by atoms with Crippen molar-refractivity contribution in [1.29, 1.82) is 0 Å². The number of allylic oxidation sites excluding steroid dienone is 2. The Hall–Kier alpha value is -0.760. The lowest BCUT2D eigenvalue weighted by Gasteiger charge is -2.50. The second kappa shape index (κ2) is 7.49. The van der Waals surface area contributed by atoms with Crippen molar-refractivity contribution in [2.45, 2.75) is 78.9 Å². The van der Waals surface area contributed by atoms with E-state index < -0.39 is 0 Å². The molecule has 1 aliphatic heterocycles. The van der Waals surface area contributed by atoms with Gasteiger partial charge in [0.1, 0.15) is 0 Å². The maximum absolute atomic E-state index is 4.24. The van der Waals surface area contributed by atoms with Crippen LogP contribution < -0.4 is 5.32 Å². The molecule has 0 amide bonds. The first kappa shape index (κ1) is 18.3. The molecule has 0 bridgehead atoms. The van der Waals surface area contributed by atoms with Crippen molar-refractivity contribution in [2.75, 3.05) is 6.54 Å². The summed E-state index contributed by atoms with van der Waals surface area (Å²) in [6, 6.07) is 1.53. The highest BCUT2D eigenvalue weighted by Crippen LogP contribution is 2.43. The van der Waals surface area contributed by atoms with E-state index in [2.05, 4.69) is 71.0 Å². The molecule has 0 spiro atoms. The Morgan fingerprint density at radius 3 is 2.57 bits per heavy atom. The van der Waals surface area contributed by atoms with E-state index in [0.717, 1.165) is 13.0 Å². The molecular weight excluding hydrogens is 256 g/mol. The smallest absolute Gasteiger partial charge is 0.0386 e. The molecule has 2 nitrogen and oxygen atoms in total. The number of nitrogens with one attached hydrogen (secondary N) is 1. The summed E-state index contributed by atoms with van der Waals surface area (Å²) in [7, 11) is 0. The molecule has 1 aliphatic rings. The fourth-order valence-corrected chi connectivity index (χ4v) is 4.27. The molecule has 1 saturated heterocycles. The average Bonchev–Trinajstić information content (AvgIpc) is 2.50. The van der Waals surface area contributed by atoms with Gasteiger partial charge in [-0.25, -0.2) is 0 Å². The summed E-state index contributed by atoms with van der Waals surface area (Å²) >= 11 is 0. The van der Waals surface area contributed by atoms with E-state index in [-0.39, 0.29) is 5.41 Å². The Balaban J connectivity index is 3.24. The van der Waals surface area contributed by atoms with E-state index in [1.165, 1.54) is 18.5 Å². The van der Waals surface area contributed by atoms with Gasteiger partial charge in [0.25, 0.3) is 0 Å². The lowest BCUT2D eigenvalue weighted by molar-refractivity contribution is 0.0360. The van der Waals surface area contributed by atoms with Crippen LogP contribution in [0.4, 0.5) is 0 Å². The summed E-state index contributed by atoms with van der Waals surface area (Å²) in [4.78, 5) is 2.53. The van der Waals surface area contributed by atoms with Crippen LogP contribution in [0, 0.1) is 11.3 Å². The summed E-state index contributed by atoms with van der Waals surface area (Å²) in [5.74, 6) is 0.598. The molecule has 122 valence electrons. The van der Waals surface area contributed by atoms with Gasteiger partial charge in [-0.2, -0.15) is 0 Å². The zero-order valence-corrected chi connectivity index (χ0v) is 15.1. The van der Waals surface area contributed by atoms with E-state index in [9.17, 15) is 0 Å². The van der Waals surface area contributed by atoms with E-state index in [1.54, 1.807) is 0 Å². The minimum Gasteiger partial charge on any atom is -0.368 e. The molecule has 5 unspecified atom stereocenters. The van der Waals surface area contributed by atoms with Gasteiger partial charge in [0, 0.05) is 35.8 Å². The van der Waals surface area contributed by atoms with Crippen LogP contribution in [-0.4, -0.2) is 29.6 Å². The molecular formula is C19H36N2. The number of rotatable bonds is 6. The third-order valence-electron chi connectivity index (χ3n) is 5.80. The van der Waals surface area contributed by atoms with E-state index in [0.29, 0.717) is 24.0 Å². The Kier molecular flexibility index (Phi) is 6.52. The molecule has 1 heterocycles. The van der Waals surface area contributed by atoms with Crippen molar-refractivity contribution in [1.82, 2.24) is 10.2 Å². The molecule has 0 aromatic heterocycles. The quantitative estimate of drug-likeness (QED) is 0.720. The minimum atomic E-state index is 0.216. The van der Waals surface area contributed by atoms with Crippen molar-refractivity contribution < 1.29 is 0 Å². The van der Waals surface area contributed by atoms with Gasteiger partial charge in [-0.3, -0.25) is 0 Å². The van der Waals surface area contributed by atoms with Crippen molar-refractivity contribution >= 4 is 0 Å². The molecule has 2 heteroatoms. The van der Waals surface area contributed by atoms with Crippen molar-refractivity contribution in [3.63, 3.8) is 0 Å². The number of hydrogen-bond acceptors (Lipinski definition) is 2. The van der Waals surface area contributed by atoms with Gasteiger partial charge in [0.15, 0.2) is 0 Å². The van der Waals surface area contributed by atoms with Crippen LogP contribution in [-0.2, 0) is 0 Å². The SMILES string of the molecule is C=CCC(C)C1(C)C(CCC)NCC(C)N(C(=C)C)C1C. The highest BCUT2D eigenvalue weighted by atomic mass is 15.2. The zero-order chi connectivity index (χ0) is 16.2. The minimum absolute atomic E-state index is 0.216. The zero-order valence-electron chi connectivity index (χ0n) is 15.1. The third kappa shape index (κ3) is 3.53. The van der Waals surface area contributed by atoms with Gasteiger partial charge in [0.05, 0.1) is 0 Å². The Morgan fingerprint density at radius 1 is 1.48 bits per heavy atom. The number of nitrogens with zero attached hydrogens (tertiary/aromatic N) is 1. The lowest BCUT2D eigenvalue weighted by Crippen LogP contribution is -2.54. The van der Waals surface area contributed by atoms with Crippen molar-refractivity contribution in [3.8, 4) is 0 Å². The fourth-order valence-electron chi connectivity index (χ4n) is 4.27. The van der Waals surface area contributed by atoms with Gasteiger partial charge < -0.3 is 10.2 Å². The summed E-state index contributed by atoms with van der Waals surface area (Å²) in [5.41, 5.74) is 1.40. The van der Waals surface area contributed by atoms with Gasteiger partial charge in [-0.05, 0) is 39.5 Å². The standard InChI is InChI=1S/C19H36N2/c1-9-11-15(5)19(8)17(7)21(14(3)4)16(6)13-20-18(19)12-10-2/h9,15-18,20H,1,3,10-13H2,2,4-8H3. The largest absolute Gasteiger partial charge is 0.368 e. The van der Waals surface area contributed by atoms with Gasteiger partial charge in [0.2, 0.25) is 0 Å². The van der Waals surface area contributed by atoms with Crippen LogP contribution >= 0.6 is 0 Å². The van der Waals surface area contributed by atoms with E-state index in [4.69, 9.17) is 0 Å². The van der Waals surface area contributed by atoms with Crippen molar-refractivity contribution in [3.05, 3.63) is 24.9 Å². The highest BCUT2D eigenvalue weighted by molar-refractivity contribution is 5.08. The van der Waals surface area contributed by atoms with Crippen LogP contribution in [0.1, 0.15) is 60.8 Å². The second-order valence-corrected chi connectivity index (χ2v) is 7.21. The van der Waals surface area contributed by atoms with Crippen LogP contribution in [0.25, 0.3) is 0 Å². The van der Waals surface area contributed by atoms with E-state index in [1.807, 2.05) is 0 Å². The molecule has 0 radical (unpaired) electrons. The van der Waals surface area contributed by atoms with Crippen LogP contribution in [0.15, 0.2) is 24.9 Å². The molecule has 5 atom stereocenters. The summed E-state index contributed by atoms with van der Waals surface area (Å²) in [6.45, 7) is 23.2. The first-order chi connectivity index (χ1) is 9.80. The Morgan fingerprint density at radius 2 is 2.10 bits per heavy atom. The first-order valence-electron chi connectivity index (χ1n) is 8.58.